The van der Waals surface area contributed by atoms with Gasteiger partial charge in [-0.2, -0.15) is 0 Å². The molecule has 0 radical (unpaired) electrons. The van der Waals surface area contributed by atoms with E-state index in [9.17, 15) is 13.8 Å². The molecule has 15 heteroatoms. The number of nitrogen functional groups attached to an aromatic ring is 3. The second kappa shape index (κ2) is 16.8. The van der Waals surface area contributed by atoms with Crippen LogP contribution in [0.3, 0.4) is 0 Å². The van der Waals surface area contributed by atoms with Crippen LogP contribution in [0.5, 0.6) is 0 Å². The van der Waals surface area contributed by atoms with Crippen molar-refractivity contribution in [1.82, 2.24) is 9.59 Å². The fourth-order valence-electron chi connectivity index (χ4n) is 4.05. The smallest absolute Gasteiger partial charge is 0.291 e. The topological polar surface area (TPSA) is 205 Å². The minimum Gasteiger partial charge on any atom is -0.472 e. The third kappa shape index (κ3) is 10.5. The molecule has 0 aliphatic rings. The van der Waals surface area contributed by atoms with Gasteiger partial charge in [0.05, 0.1) is 33.2 Å². The van der Waals surface area contributed by atoms with Gasteiger partial charge in [-0.05, 0) is 96.5 Å². The van der Waals surface area contributed by atoms with Gasteiger partial charge >= 0.3 is 0 Å². The number of aromatic nitrogens is 2. The van der Waals surface area contributed by atoms with E-state index in [2.05, 4.69) is 20.2 Å². The molecule has 0 fully saturated rings. The fraction of sp³-hybridized carbons (Fsp3) is 0.143. The number of hydrogen-bond acceptors (Lipinski definition) is 11. The Hall–Kier alpha value is -5.44. The van der Waals surface area contributed by atoms with E-state index in [1.165, 1.54) is 12.5 Å². The Morgan fingerprint density at radius 1 is 0.820 bits per heavy atom. The van der Waals surface area contributed by atoms with E-state index in [4.69, 9.17) is 37.6 Å². The van der Waals surface area contributed by atoms with Crippen LogP contribution in [0.4, 0.5) is 28.4 Å². The first-order valence-corrected chi connectivity index (χ1v) is 17.6. The molecule has 0 saturated heterocycles. The van der Waals surface area contributed by atoms with E-state index in [0.29, 0.717) is 54.7 Å². The molecule has 0 saturated carbocycles. The lowest BCUT2D eigenvalue weighted by atomic mass is 9.94. The van der Waals surface area contributed by atoms with E-state index < -0.39 is 10.8 Å². The largest absolute Gasteiger partial charge is 0.472 e. The number of carbonyl (C=O) groups is 2. The normalized spacial score (nSPS) is 11.3. The zero-order chi connectivity index (χ0) is 36.4. The highest BCUT2D eigenvalue weighted by atomic mass is 35.5. The molecule has 0 spiro atoms. The van der Waals surface area contributed by atoms with Gasteiger partial charge in [-0.3, -0.25) is 13.8 Å². The molecule has 1 unspecified atom stereocenters. The van der Waals surface area contributed by atoms with Crippen LogP contribution in [0, 0.1) is 0 Å². The summed E-state index contributed by atoms with van der Waals surface area (Å²) in [5, 5.41) is 9.97. The Labute approximate surface area is 300 Å². The Kier molecular flexibility index (Phi) is 12.5. The van der Waals surface area contributed by atoms with Crippen LogP contribution in [0.25, 0.3) is 11.3 Å². The first kappa shape index (κ1) is 37.4. The van der Waals surface area contributed by atoms with Crippen LogP contribution >= 0.6 is 23.1 Å². The number of nitrogens with two attached hydrogens (primary N) is 3. The van der Waals surface area contributed by atoms with Gasteiger partial charge in [0.15, 0.2) is 5.76 Å². The van der Waals surface area contributed by atoms with Gasteiger partial charge in [-0.15, -0.1) is 5.10 Å². The van der Waals surface area contributed by atoms with Gasteiger partial charge in [0.1, 0.15) is 16.3 Å². The molecule has 3 heterocycles. The van der Waals surface area contributed by atoms with Crippen LogP contribution in [0.1, 0.15) is 46.8 Å². The summed E-state index contributed by atoms with van der Waals surface area (Å²) in [4.78, 5) is 25.3. The first-order valence-electron chi connectivity index (χ1n) is 14.9. The molecule has 3 aromatic carbocycles. The summed E-state index contributed by atoms with van der Waals surface area (Å²) >= 11 is 6.79. The SMILES string of the molecule is CC(C)(C)c1ccc(C(=O)Nc2ccc(N)cc2)o1.CS(=O)c1ccc(N)cc1Cl.Nc1ccc(NC(=O)c2snnc2-c2ccoc2)cc1. The van der Waals surface area contributed by atoms with E-state index in [0.717, 1.165) is 22.9 Å². The van der Waals surface area contributed by atoms with Crippen molar-refractivity contribution in [2.45, 2.75) is 31.1 Å². The highest BCUT2D eigenvalue weighted by molar-refractivity contribution is 7.84. The number of carbonyl (C=O) groups excluding carboxylic acids is 2. The quantitative estimate of drug-likeness (QED) is 0.105. The minimum absolute atomic E-state index is 0.111. The monoisotopic (exact) mass is 733 g/mol. The van der Waals surface area contributed by atoms with Crippen molar-refractivity contribution in [3.8, 4) is 11.3 Å². The average Bonchev–Trinajstić information content (AvgIpc) is 3.86. The predicted molar refractivity (Wildman–Crippen MR) is 201 cm³/mol. The maximum atomic E-state index is 12.2. The van der Waals surface area contributed by atoms with E-state index in [1.807, 2.05) is 26.8 Å². The maximum absolute atomic E-state index is 12.2. The lowest BCUT2D eigenvalue weighted by Crippen LogP contribution is -2.12. The van der Waals surface area contributed by atoms with Crippen LogP contribution in [0.2, 0.25) is 5.02 Å². The zero-order valence-electron chi connectivity index (χ0n) is 27.6. The molecule has 260 valence electrons. The molecule has 0 aliphatic carbocycles. The summed E-state index contributed by atoms with van der Waals surface area (Å²) in [6, 6.07) is 24.1. The Morgan fingerprint density at radius 3 is 1.90 bits per heavy atom. The molecule has 6 rings (SSSR count). The molecule has 12 nitrogen and oxygen atoms in total. The van der Waals surface area contributed by atoms with Crippen LogP contribution in [-0.2, 0) is 16.2 Å². The second-order valence-electron chi connectivity index (χ2n) is 11.7. The summed E-state index contributed by atoms with van der Waals surface area (Å²) in [5.74, 6) is 0.568. The van der Waals surface area contributed by atoms with Gasteiger partial charge in [0.2, 0.25) is 0 Å². The number of hydrogen-bond donors (Lipinski definition) is 5. The van der Waals surface area contributed by atoms with E-state index in [1.54, 1.807) is 85.1 Å². The Bertz CT molecular complexity index is 2050. The fourth-order valence-corrected chi connectivity index (χ4v) is 5.75. The summed E-state index contributed by atoms with van der Waals surface area (Å²) in [6.07, 6.45) is 4.63. The highest BCUT2D eigenvalue weighted by Gasteiger charge is 2.21. The molecule has 0 aliphatic heterocycles. The average molecular weight is 734 g/mol. The van der Waals surface area contributed by atoms with Crippen molar-refractivity contribution < 1.29 is 22.6 Å². The lowest BCUT2D eigenvalue weighted by Gasteiger charge is -2.14. The maximum Gasteiger partial charge on any atom is 0.291 e. The number of anilines is 5. The number of halogens is 1. The standard InChI is InChI=1S/C15H18N2O2.C13H10N4O2S.C7H8ClNOS/c1-15(2,3)13-9-8-12(19-13)14(18)17-11-6-4-10(16)5-7-11;14-9-1-3-10(4-2-9)15-13(18)12-11(16-17-20-12)8-5-6-19-7-8;1-11(10)7-3-2-5(9)4-6(7)8/h4-9H,16H2,1-3H3,(H,17,18);1-7H,14H2,(H,15,18);2-4H,9H2,1H3. The number of nitrogens with one attached hydrogen (secondary N) is 2. The van der Waals surface area contributed by atoms with Crippen LogP contribution in [0.15, 0.2) is 111 Å². The molecule has 8 N–H and O–H groups in total. The van der Waals surface area contributed by atoms with E-state index >= 15 is 0 Å². The molecule has 1 atom stereocenters. The number of benzene rings is 3. The number of amides is 2. The highest BCUT2D eigenvalue weighted by Crippen LogP contribution is 2.26. The Morgan fingerprint density at radius 2 is 1.40 bits per heavy atom. The zero-order valence-corrected chi connectivity index (χ0v) is 30.0. The molecular formula is C35H36ClN7O5S2. The van der Waals surface area contributed by atoms with Crippen molar-refractivity contribution in [1.29, 1.82) is 0 Å². The van der Waals surface area contributed by atoms with Crippen molar-refractivity contribution in [2.75, 3.05) is 34.1 Å². The summed E-state index contributed by atoms with van der Waals surface area (Å²) in [7, 11) is -1.04. The van der Waals surface area contributed by atoms with Crippen molar-refractivity contribution in [2.24, 2.45) is 0 Å². The van der Waals surface area contributed by atoms with Gasteiger partial charge in [-0.25, -0.2) is 0 Å². The summed E-state index contributed by atoms with van der Waals surface area (Å²) in [6.45, 7) is 6.11. The van der Waals surface area contributed by atoms with E-state index in [-0.39, 0.29) is 17.2 Å². The van der Waals surface area contributed by atoms with Gasteiger partial charge in [-0.1, -0.05) is 36.9 Å². The van der Waals surface area contributed by atoms with Gasteiger partial charge in [0.25, 0.3) is 11.8 Å². The van der Waals surface area contributed by atoms with Crippen molar-refractivity contribution >= 4 is 74.2 Å². The van der Waals surface area contributed by atoms with Crippen molar-refractivity contribution in [3.05, 3.63) is 119 Å². The lowest BCUT2D eigenvalue weighted by molar-refractivity contribution is 0.0991. The molecule has 6 aromatic rings. The number of furan rings is 2. The minimum atomic E-state index is -1.04. The summed E-state index contributed by atoms with van der Waals surface area (Å²) < 4.78 is 25.4. The van der Waals surface area contributed by atoms with Crippen molar-refractivity contribution in [3.63, 3.8) is 0 Å². The predicted octanol–water partition coefficient (Wildman–Crippen LogP) is 7.70. The third-order valence-electron chi connectivity index (χ3n) is 6.66. The third-order valence-corrected chi connectivity index (χ3v) is 8.79. The van der Waals surface area contributed by atoms with Gasteiger partial charge in [0, 0.05) is 45.7 Å². The second-order valence-corrected chi connectivity index (χ2v) is 14.2. The molecular weight excluding hydrogens is 698 g/mol. The summed E-state index contributed by atoms with van der Waals surface area (Å²) in [5.41, 5.74) is 21.0. The Balaban J connectivity index is 0.000000176. The molecule has 3 aromatic heterocycles. The molecule has 2 amide bonds. The molecule has 50 heavy (non-hydrogen) atoms. The van der Waals surface area contributed by atoms with Crippen LogP contribution in [-0.4, -0.2) is 31.9 Å². The number of rotatable bonds is 6. The van der Waals surface area contributed by atoms with Gasteiger partial charge < -0.3 is 36.7 Å². The molecule has 0 bridgehead atoms. The number of nitrogens with zero attached hydrogens (tertiary/aromatic N) is 2. The van der Waals surface area contributed by atoms with Crippen LogP contribution < -0.4 is 27.8 Å². The first-order chi connectivity index (χ1) is 23.7.